The molecule has 1 atom stereocenters. The van der Waals surface area contributed by atoms with Gasteiger partial charge in [-0.25, -0.2) is 4.79 Å². The molecule has 0 aromatic heterocycles. The van der Waals surface area contributed by atoms with Crippen molar-refractivity contribution < 1.29 is 14.3 Å². The van der Waals surface area contributed by atoms with Gasteiger partial charge in [0.2, 0.25) is 0 Å². The highest BCUT2D eigenvalue weighted by atomic mass is 16.5. The van der Waals surface area contributed by atoms with Crippen molar-refractivity contribution in [2.24, 2.45) is 0 Å². The molecule has 1 heterocycles. The maximum atomic E-state index is 12.2. The summed E-state index contributed by atoms with van der Waals surface area (Å²) < 4.78 is 11.3. The maximum absolute atomic E-state index is 12.2. The molecular weight excluding hydrogens is 304 g/mol. The van der Waals surface area contributed by atoms with Gasteiger partial charge in [-0.15, -0.1) is 0 Å². The van der Waals surface area contributed by atoms with E-state index in [1.807, 2.05) is 24.3 Å². The van der Waals surface area contributed by atoms with Crippen LogP contribution in [0.2, 0.25) is 0 Å². The van der Waals surface area contributed by atoms with Crippen LogP contribution < -0.4 is 15.4 Å². The van der Waals surface area contributed by atoms with Crippen molar-refractivity contribution in [3.8, 4) is 5.75 Å². The van der Waals surface area contributed by atoms with Gasteiger partial charge in [0.15, 0.2) is 0 Å². The molecule has 3 rings (SSSR count). The van der Waals surface area contributed by atoms with Gasteiger partial charge < -0.3 is 20.1 Å². The first-order chi connectivity index (χ1) is 11.8. The highest BCUT2D eigenvalue weighted by Crippen LogP contribution is 2.20. The lowest BCUT2D eigenvalue weighted by Crippen LogP contribution is -2.37. The molecule has 5 heteroatoms. The van der Waals surface area contributed by atoms with Gasteiger partial charge in [0.1, 0.15) is 12.4 Å². The van der Waals surface area contributed by atoms with Crippen molar-refractivity contribution in [1.82, 2.24) is 5.32 Å². The van der Waals surface area contributed by atoms with Gasteiger partial charge in [-0.1, -0.05) is 31.7 Å². The first-order valence-electron chi connectivity index (χ1n) is 9.21. The third-order valence-electron chi connectivity index (χ3n) is 4.74. The number of benzene rings is 1. The minimum absolute atomic E-state index is 0.127. The zero-order valence-corrected chi connectivity index (χ0v) is 14.3. The number of urea groups is 1. The zero-order valence-electron chi connectivity index (χ0n) is 14.3. The van der Waals surface area contributed by atoms with Crippen LogP contribution in [-0.4, -0.2) is 31.4 Å². The number of rotatable bonds is 5. The summed E-state index contributed by atoms with van der Waals surface area (Å²) in [6, 6.07) is 7.72. The van der Waals surface area contributed by atoms with Crippen molar-refractivity contribution in [2.45, 2.75) is 63.5 Å². The summed E-state index contributed by atoms with van der Waals surface area (Å²) in [5.41, 5.74) is 0.756. The molecule has 2 amide bonds. The standard InChI is InChI=1S/C19H28N2O3/c22-19(20-15-7-3-1-2-4-8-15)21-16-9-5-10-17(13-16)24-14-18-11-6-12-23-18/h5,9-10,13,15,18H,1-4,6-8,11-12,14H2,(H2,20,21,22). The molecular formula is C19H28N2O3. The maximum Gasteiger partial charge on any atom is 0.319 e. The first kappa shape index (κ1) is 17.1. The Labute approximate surface area is 144 Å². The van der Waals surface area contributed by atoms with Crippen LogP contribution in [0.15, 0.2) is 24.3 Å². The molecule has 2 N–H and O–H groups in total. The van der Waals surface area contributed by atoms with E-state index < -0.39 is 0 Å². The average molecular weight is 332 g/mol. The number of hydrogen-bond acceptors (Lipinski definition) is 3. The second-order valence-corrected chi connectivity index (χ2v) is 6.76. The molecule has 0 bridgehead atoms. The fourth-order valence-electron chi connectivity index (χ4n) is 3.40. The minimum Gasteiger partial charge on any atom is -0.491 e. The van der Waals surface area contributed by atoms with Gasteiger partial charge in [-0.05, 0) is 37.8 Å². The summed E-state index contributed by atoms with van der Waals surface area (Å²) in [5, 5.41) is 6.01. The second kappa shape index (κ2) is 8.92. The molecule has 132 valence electrons. The summed E-state index contributed by atoms with van der Waals surface area (Å²) in [7, 11) is 0. The molecule has 1 saturated heterocycles. The Morgan fingerprint density at radius 1 is 1.12 bits per heavy atom. The smallest absolute Gasteiger partial charge is 0.319 e. The molecule has 1 aromatic rings. The van der Waals surface area contributed by atoms with Gasteiger partial charge in [-0.2, -0.15) is 0 Å². The summed E-state index contributed by atoms with van der Waals surface area (Å²) in [4.78, 5) is 12.2. The van der Waals surface area contributed by atoms with Crippen LogP contribution in [0.25, 0.3) is 0 Å². The number of anilines is 1. The monoisotopic (exact) mass is 332 g/mol. The van der Waals surface area contributed by atoms with E-state index >= 15 is 0 Å². The molecule has 24 heavy (non-hydrogen) atoms. The Morgan fingerprint density at radius 3 is 2.71 bits per heavy atom. The van der Waals surface area contributed by atoms with Crippen LogP contribution >= 0.6 is 0 Å². The van der Waals surface area contributed by atoms with Crippen LogP contribution in [0, 0.1) is 0 Å². The van der Waals surface area contributed by atoms with Crippen molar-refractivity contribution >= 4 is 11.7 Å². The Morgan fingerprint density at radius 2 is 1.96 bits per heavy atom. The summed E-state index contributed by atoms with van der Waals surface area (Å²) >= 11 is 0. The van der Waals surface area contributed by atoms with Crippen LogP contribution in [0.4, 0.5) is 10.5 Å². The normalized spacial score (nSPS) is 21.9. The highest BCUT2D eigenvalue weighted by Gasteiger charge is 2.17. The molecule has 1 aliphatic heterocycles. The average Bonchev–Trinajstić information content (AvgIpc) is 2.97. The molecule has 2 fully saturated rings. The molecule has 1 aromatic carbocycles. The topological polar surface area (TPSA) is 59.6 Å². The third kappa shape index (κ3) is 5.41. The quantitative estimate of drug-likeness (QED) is 0.799. The largest absolute Gasteiger partial charge is 0.491 e. The summed E-state index contributed by atoms with van der Waals surface area (Å²) in [6.07, 6.45) is 9.50. The van der Waals surface area contributed by atoms with E-state index in [4.69, 9.17) is 9.47 Å². The van der Waals surface area contributed by atoms with E-state index in [9.17, 15) is 4.79 Å². The molecule has 0 spiro atoms. The van der Waals surface area contributed by atoms with Gasteiger partial charge >= 0.3 is 6.03 Å². The Hall–Kier alpha value is -1.75. The lowest BCUT2D eigenvalue weighted by atomic mass is 10.1. The predicted molar refractivity (Wildman–Crippen MR) is 94.6 cm³/mol. The molecule has 1 saturated carbocycles. The SMILES string of the molecule is O=C(Nc1cccc(OCC2CCCO2)c1)NC1CCCCCC1. The van der Waals surface area contributed by atoms with Crippen molar-refractivity contribution in [3.63, 3.8) is 0 Å². The Bertz CT molecular complexity index is 521. The first-order valence-corrected chi connectivity index (χ1v) is 9.21. The Kier molecular flexibility index (Phi) is 6.35. The van der Waals surface area contributed by atoms with E-state index in [0.29, 0.717) is 12.6 Å². The number of carbonyl (C=O) groups excluding carboxylic acids is 1. The second-order valence-electron chi connectivity index (χ2n) is 6.76. The third-order valence-corrected chi connectivity index (χ3v) is 4.74. The van der Waals surface area contributed by atoms with Crippen LogP contribution in [0.1, 0.15) is 51.4 Å². The molecule has 1 unspecified atom stereocenters. The number of hydrogen-bond donors (Lipinski definition) is 2. The van der Waals surface area contributed by atoms with Crippen LogP contribution in [-0.2, 0) is 4.74 Å². The molecule has 2 aliphatic rings. The number of carbonyl (C=O) groups is 1. The van der Waals surface area contributed by atoms with Gasteiger partial charge in [0.25, 0.3) is 0 Å². The van der Waals surface area contributed by atoms with E-state index in [1.165, 1.54) is 25.7 Å². The minimum atomic E-state index is -0.127. The van der Waals surface area contributed by atoms with Crippen LogP contribution in [0.5, 0.6) is 5.75 Å². The van der Waals surface area contributed by atoms with E-state index in [-0.39, 0.29) is 12.1 Å². The van der Waals surface area contributed by atoms with Gasteiger partial charge in [-0.3, -0.25) is 0 Å². The van der Waals surface area contributed by atoms with Crippen molar-refractivity contribution in [2.75, 3.05) is 18.5 Å². The lowest BCUT2D eigenvalue weighted by molar-refractivity contribution is 0.0680. The fourth-order valence-corrected chi connectivity index (χ4v) is 3.40. The number of amides is 2. The van der Waals surface area contributed by atoms with Gasteiger partial charge in [0.05, 0.1) is 6.10 Å². The fraction of sp³-hybridized carbons (Fsp3) is 0.632. The van der Waals surface area contributed by atoms with Crippen LogP contribution in [0.3, 0.4) is 0 Å². The van der Waals surface area contributed by atoms with E-state index in [0.717, 1.165) is 43.7 Å². The number of ether oxygens (including phenoxy) is 2. The molecule has 5 nitrogen and oxygen atoms in total. The summed E-state index contributed by atoms with van der Waals surface area (Å²) in [6.45, 7) is 1.40. The highest BCUT2D eigenvalue weighted by molar-refractivity contribution is 5.89. The summed E-state index contributed by atoms with van der Waals surface area (Å²) in [5.74, 6) is 0.762. The van der Waals surface area contributed by atoms with E-state index in [2.05, 4.69) is 10.6 Å². The Balaban J connectivity index is 1.46. The van der Waals surface area contributed by atoms with Crippen molar-refractivity contribution in [1.29, 1.82) is 0 Å². The molecule has 1 aliphatic carbocycles. The number of nitrogens with one attached hydrogen (secondary N) is 2. The predicted octanol–water partition coefficient (Wildman–Crippen LogP) is 4.09. The van der Waals surface area contributed by atoms with E-state index in [1.54, 1.807) is 0 Å². The van der Waals surface area contributed by atoms with Gasteiger partial charge in [0, 0.05) is 24.4 Å². The molecule has 0 radical (unpaired) electrons. The van der Waals surface area contributed by atoms with Crippen molar-refractivity contribution in [3.05, 3.63) is 24.3 Å². The zero-order chi connectivity index (χ0) is 16.6. The lowest BCUT2D eigenvalue weighted by Gasteiger charge is -2.17.